The van der Waals surface area contributed by atoms with Gasteiger partial charge in [-0.25, -0.2) is 4.79 Å². The standard InChI is InChI=1S/C20H35N5O6S/c1-11(2)9-15(20(30)31)25-19(29)14(10-16(21)26)24-18(28)13(6-8-32-3)23-17(27)12-5-4-7-22-12/h11-15,22H,4-10H2,1-3H3,(H2,21,26)(H,23,27)(H,24,28)(H,25,29)(H,30,31). The van der Waals surface area contributed by atoms with Gasteiger partial charge in [-0.2, -0.15) is 11.8 Å². The van der Waals surface area contributed by atoms with E-state index >= 15 is 0 Å². The molecule has 4 unspecified atom stereocenters. The maximum absolute atomic E-state index is 12.9. The lowest BCUT2D eigenvalue weighted by atomic mass is 10.0. The zero-order chi connectivity index (χ0) is 24.3. The number of nitrogens with two attached hydrogens (primary N) is 1. The van der Waals surface area contributed by atoms with Crippen molar-refractivity contribution in [1.29, 1.82) is 0 Å². The second kappa shape index (κ2) is 13.9. The zero-order valence-corrected chi connectivity index (χ0v) is 19.6. The van der Waals surface area contributed by atoms with Gasteiger partial charge < -0.3 is 32.1 Å². The minimum atomic E-state index is -1.35. The highest BCUT2D eigenvalue weighted by molar-refractivity contribution is 7.98. The third kappa shape index (κ3) is 9.86. The van der Waals surface area contributed by atoms with Gasteiger partial charge in [-0.15, -0.1) is 0 Å². The Balaban J connectivity index is 2.90. The molecule has 0 aromatic carbocycles. The molecule has 0 aromatic rings. The van der Waals surface area contributed by atoms with E-state index < -0.39 is 48.2 Å². The van der Waals surface area contributed by atoms with Crippen LogP contribution >= 0.6 is 11.8 Å². The molecule has 0 bridgehead atoms. The predicted molar refractivity (Wildman–Crippen MR) is 121 cm³/mol. The summed E-state index contributed by atoms with van der Waals surface area (Å²) in [7, 11) is 0. The molecule has 1 fully saturated rings. The van der Waals surface area contributed by atoms with E-state index in [1.54, 1.807) is 0 Å². The molecule has 1 aliphatic rings. The van der Waals surface area contributed by atoms with Crippen molar-refractivity contribution in [2.24, 2.45) is 11.7 Å². The van der Waals surface area contributed by atoms with Crippen LogP contribution in [0.3, 0.4) is 0 Å². The van der Waals surface area contributed by atoms with Crippen molar-refractivity contribution >= 4 is 41.4 Å². The van der Waals surface area contributed by atoms with Crippen LogP contribution in [0.2, 0.25) is 0 Å². The topological polar surface area (TPSA) is 180 Å². The van der Waals surface area contributed by atoms with Crippen LogP contribution in [-0.2, 0) is 24.0 Å². The van der Waals surface area contributed by atoms with Crippen LogP contribution in [-0.4, -0.2) is 77.4 Å². The van der Waals surface area contributed by atoms with Gasteiger partial charge in [-0.3, -0.25) is 19.2 Å². The number of carbonyl (C=O) groups is 5. The van der Waals surface area contributed by atoms with E-state index in [1.165, 1.54) is 11.8 Å². The number of carboxylic acids is 1. The maximum Gasteiger partial charge on any atom is 0.326 e. The lowest BCUT2D eigenvalue weighted by Crippen LogP contribution is -2.57. The van der Waals surface area contributed by atoms with Crippen LogP contribution in [0.15, 0.2) is 0 Å². The molecule has 1 rings (SSSR count). The molecule has 1 saturated heterocycles. The molecular formula is C20H35N5O6S. The van der Waals surface area contributed by atoms with Gasteiger partial charge in [0.15, 0.2) is 0 Å². The molecule has 182 valence electrons. The molecule has 0 aromatic heterocycles. The third-order valence-corrected chi connectivity index (χ3v) is 5.62. The smallest absolute Gasteiger partial charge is 0.326 e. The highest BCUT2D eigenvalue weighted by Crippen LogP contribution is 2.09. The minimum absolute atomic E-state index is 0.00378. The van der Waals surface area contributed by atoms with Crippen molar-refractivity contribution in [3.05, 3.63) is 0 Å². The summed E-state index contributed by atoms with van der Waals surface area (Å²) in [4.78, 5) is 61.0. The van der Waals surface area contributed by atoms with Gasteiger partial charge in [0.2, 0.25) is 23.6 Å². The molecule has 11 nitrogen and oxygen atoms in total. The van der Waals surface area contributed by atoms with Crippen LogP contribution in [0.1, 0.15) is 46.0 Å². The molecule has 0 aliphatic carbocycles. The summed E-state index contributed by atoms with van der Waals surface area (Å²) >= 11 is 1.49. The van der Waals surface area contributed by atoms with Crippen molar-refractivity contribution in [3.63, 3.8) is 0 Å². The number of carboxylic acid groups (broad SMARTS) is 1. The summed E-state index contributed by atoms with van der Waals surface area (Å²) in [6.07, 6.45) is 3.39. The monoisotopic (exact) mass is 473 g/mol. The number of hydrogen-bond acceptors (Lipinski definition) is 7. The van der Waals surface area contributed by atoms with Gasteiger partial charge in [-0.1, -0.05) is 13.8 Å². The normalized spacial score (nSPS) is 18.4. The van der Waals surface area contributed by atoms with E-state index in [2.05, 4.69) is 21.3 Å². The van der Waals surface area contributed by atoms with Gasteiger partial charge in [0.25, 0.3) is 0 Å². The van der Waals surface area contributed by atoms with Crippen LogP contribution in [0.25, 0.3) is 0 Å². The lowest BCUT2D eigenvalue weighted by Gasteiger charge is -2.25. The number of amides is 4. The van der Waals surface area contributed by atoms with Crippen molar-refractivity contribution < 1.29 is 29.1 Å². The van der Waals surface area contributed by atoms with E-state index in [9.17, 15) is 29.1 Å². The fourth-order valence-electron chi connectivity index (χ4n) is 3.33. The van der Waals surface area contributed by atoms with Gasteiger partial charge >= 0.3 is 5.97 Å². The van der Waals surface area contributed by atoms with Crippen LogP contribution in [0.5, 0.6) is 0 Å². The van der Waals surface area contributed by atoms with E-state index in [-0.39, 0.29) is 24.3 Å². The molecule has 0 radical (unpaired) electrons. The Hall–Kier alpha value is -2.34. The fourth-order valence-corrected chi connectivity index (χ4v) is 3.80. The van der Waals surface area contributed by atoms with Crippen molar-refractivity contribution in [2.45, 2.75) is 70.1 Å². The molecule has 1 aliphatic heterocycles. The number of aliphatic carboxylic acids is 1. The minimum Gasteiger partial charge on any atom is -0.480 e. The second-order valence-electron chi connectivity index (χ2n) is 8.25. The lowest BCUT2D eigenvalue weighted by molar-refractivity contribution is -0.143. The number of primary amides is 1. The molecule has 7 N–H and O–H groups in total. The Kier molecular flexibility index (Phi) is 12.1. The Morgan fingerprint density at radius 1 is 1.06 bits per heavy atom. The Morgan fingerprint density at radius 3 is 2.19 bits per heavy atom. The summed E-state index contributed by atoms with van der Waals surface area (Å²) < 4.78 is 0. The maximum atomic E-state index is 12.9. The van der Waals surface area contributed by atoms with E-state index in [1.807, 2.05) is 20.1 Å². The summed E-state index contributed by atoms with van der Waals surface area (Å²) in [6.45, 7) is 4.34. The summed E-state index contributed by atoms with van der Waals surface area (Å²) in [5.74, 6) is -3.23. The molecule has 12 heteroatoms. The van der Waals surface area contributed by atoms with E-state index in [4.69, 9.17) is 5.73 Å². The fraction of sp³-hybridized carbons (Fsp3) is 0.750. The molecule has 4 amide bonds. The van der Waals surface area contributed by atoms with E-state index in [0.29, 0.717) is 18.6 Å². The van der Waals surface area contributed by atoms with Gasteiger partial charge in [0.05, 0.1) is 12.5 Å². The summed E-state index contributed by atoms with van der Waals surface area (Å²) in [6, 6.07) is -3.81. The van der Waals surface area contributed by atoms with Gasteiger partial charge in [-0.05, 0) is 50.2 Å². The molecule has 32 heavy (non-hydrogen) atoms. The Labute approximate surface area is 192 Å². The molecule has 0 saturated carbocycles. The molecule has 4 atom stereocenters. The summed E-state index contributed by atoms with van der Waals surface area (Å²) in [5.41, 5.74) is 5.23. The average Bonchev–Trinajstić information content (AvgIpc) is 3.24. The number of thioether (sulfide) groups is 1. The quantitative estimate of drug-likeness (QED) is 0.185. The zero-order valence-electron chi connectivity index (χ0n) is 18.8. The summed E-state index contributed by atoms with van der Waals surface area (Å²) in [5, 5.41) is 19.9. The Morgan fingerprint density at radius 2 is 1.69 bits per heavy atom. The predicted octanol–water partition coefficient (Wildman–Crippen LogP) is -1.05. The largest absolute Gasteiger partial charge is 0.480 e. The molecular weight excluding hydrogens is 438 g/mol. The van der Waals surface area contributed by atoms with Crippen molar-refractivity contribution in [1.82, 2.24) is 21.3 Å². The molecule has 1 heterocycles. The highest BCUT2D eigenvalue weighted by Gasteiger charge is 2.32. The Bertz CT molecular complexity index is 683. The van der Waals surface area contributed by atoms with Gasteiger partial charge in [0, 0.05) is 0 Å². The molecule has 0 spiro atoms. The highest BCUT2D eigenvalue weighted by atomic mass is 32.2. The van der Waals surface area contributed by atoms with E-state index in [0.717, 1.165) is 13.0 Å². The number of rotatable bonds is 14. The van der Waals surface area contributed by atoms with Crippen LogP contribution < -0.4 is 27.0 Å². The second-order valence-corrected chi connectivity index (χ2v) is 9.24. The third-order valence-electron chi connectivity index (χ3n) is 4.98. The SMILES string of the molecule is CSCCC(NC(=O)C1CCCN1)C(=O)NC(CC(N)=O)C(=O)NC(CC(C)C)C(=O)O. The van der Waals surface area contributed by atoms with Crippen molar-refractivity contribution in [3.8, 4) is 0 Å². The average molecular weight is 474 g/mol. The number of hydrogen-bond donors (Lipinski definition) is 6. The van der Waals surface area contributed by atoms with Gasteiger partial charge in [0.1, 0.15) is 18.1 Å². The van der Waals surface area contributed by atoms with Crippen LogP contribution in [0.4, 0.5) is 0 Å². The van der Waals surface area contributed by atoms with Crippen molar-refractivity contribution in [2.75, 3.05) is 18.6 Å². The first kappa shape index (κ1) is 27.7. The van der Waals surface area contributed by atoms with Crippen LogP contribution in [0, 0.1) is 5.92 Å². The number of nitrogens with one attached hydrogen (secondary N) is 4. The number of carbonyl (C=O) groups excluding carboxylic acids is 4. The first-order chi connectivity index (χ1) is 15.0. The first-order valence-electron chi connectivity index (χ1n) is 10.7. The first-order valence-corrected chi connectivity index (χ1v) is 12.1.